The standard InChI is InChI=1S/C18H36N2/c1-2-3-4-5-8-15-20-16-9-6-7-10-18(20)17-11-13-19-14-12-17/h17-19H,2-16H2,1H3. The molecule has 0 aromatic rings. The molecule has 2 heterocycles. The summed E-state index contributed by atoms with van der Waals surface area (Å²) in [6, 6.07) is 0.908. The largest absolute Gasteiger partial charge is 0.317 e. The molecule has 0 saturated carbocycles. The van der Waals surface area contributed by atoms with Crippen LogP contribution < -0.4 is 5.32 Å². The zero-order chi connectivity index (χ0) is 14.0. The number of unbranched alkanes of at least 4 members (excludes halogenated alkanes) is 4. The third-order valence-corrected chi connectivity index (χ3v) is 5.39. The van der Waals surface area contributed by atoms with Gasteiger partial charge in [-0.3, -0.25) is 0 Å². The molecular weight excluding hydrogens is 244 g/mol. The summed E-state index contributed by atoms with van der Waals surface area (Å²) in [5, 5.41) is 3.53. The number of likely N-dealkylation sites (tertiary alicyclic amines) is 1. The third-order valence-electron chi connectivity index (χ3n) is 5.39. The van der Waals surface area contributed by atoms with Crippen LogP contribution in [0.15, 0.2) is 0 Å². The molecule has 20 heavy (non-hydrogen) atoms. The van der Waals surface area contributed by atoms with Crippen LogP contribution in [0.3, 0.4) is 0 Å². The van der Waals surface area contributed by atoms with Crippen LogP contribution in [0.2, 0.25) is 0 Å². The molecule has 2 saturated heterocycles. The first kappa shape index (κ1) is 16.3. The van der Waals surface area contributed by atoms with Crippen LogP contribution in [0.1, 0.15) is 77.6 Å². The van der Waals surface area contributed by atoms with Crippen LogP contribution in [0, 0.1) is 5.92 Å². The van der Waals surface area contributed by atoms with Gasteiger partial charge in [0.15, 0.2) is 0 Å². The van der Waals surface area contributed by atoms with Crippen molar-refractivity contribution >= 4 is 0 Å². The van der Waals surface area contributed by atoms with E-state index < -0.39 is 0 Å². The van der Waals surface area contributed by atoms with Gasteiger partial charge in [-0.2, -0.15) is 0 Å². The van der Waals surface area contributed by atoms with Gasteiger partial charge in [0, 0.05) is 6.04 Å². The molecule has 2 aliphatic rings. The Balaban J connectivity index is 1.78. The molecule has 2 aliphatic heterocycles. The highest BCUT2D eigenvalue weighted by Crippen LogP contribution is 2.28. The number of rotatable bonds is 7. The van der Waals surface area contributed by atoms with Gasteiger partial charge in [0.05, 0.1) is 0 Å². The number of piperidine rings is 1. The van der Waals surface area contributed by atoms with Gasteiger partial charge in [-0.15, -0.1) is 0 Å². The molecule has 0 bridgehead atoms. The number of hydrogen-bond acceptors (Lipinski definition) is 2. The lowest BCUT2D eigenvalue weighted by atomic mass is 9.86. The summed E-state index contributed by atoms with van der Waals surface area (Å²) < 4.78 is 0. The van der Waals surface area contributed by atoms with E-state index in [1.54, 1.807) is 0 Å². The Bertz CT molecular complexity index is 236. The van der Waals surface area contributed by atoms with Crippen LogP contribution >= 0.6 is 0 Å². The molecule has 2 rings (SSSR count). The Morgan fingerprint density at radius 2 is 1.70 bits per heavy atom. The molecular formula is C18H36N2. The van der Waals surface area contributed by atoms with Gasteiger partial charge in [-0.1, -0.05) is 45.4 Å². The fourth-order valence-electron chi connectivity index (χ4n) is 4.15. The molecule has 1 unspecified atom stereocenters. The summed E-state index contributed by atoms with van der Waals surface area (Å²) in [6.45, 7) is 7.57. The molecule has 2 fully saturated rings. The first-order valence-electron chi connectivity index (χ1n) is 9.36. The fraction of sp³-hybridized carbons (Fsp3) is 1.00. The van der Waals surface area contributed by atoms with Crippen molar-refractivity contribution in [2.24, 2.45) is 5.92 Å². The Labute approximate surface area is 126 Å². The van der Waals surface area contributed by atoms with Crippen molar-refractivity contribution in [2.75, 3.05) is 26.2 Å². The third kappa shape index (κ3) is 5.37. The van der Waals surface area contributed by atoms with Crippen LogP contribution in [0.5, 0.6) is 0 Å². The molecule has 0 spiro atoms. The van der Waals surface area contributed by atoms with Gasteiger partial charge in [0.1, 0.15) is 0 Å². The van der Waals surface area contributed by atoms with E-state index in [0.717, 1.165) is 12.0 Å². The van der Waals surface area contributed by atoms with E-state index in [2.05, 4.69) is 17.1 Å². The minimum Gasteiger partial charge on any atom is -0.317 e. The summed E-state index contributed by atoms with van der Waals surface area (Å²) in [6.07, 6.45) is 15.8. The number of nitrogens with zero attached hydrogens (tertiary/aromatic N) is 1. The molecule has 2 heteroatoms. The van der Waals surface area contributed by atoms with E-state index in [9.17, 15) is 0 Å². The van der Waals surface area contributed by atoms with E-state index in [4.69, 9.17) is 0 Å². The quantitative estimate of drug-likeness (QED) is 0.703. The monoisotopic (exact) mass is 280 g/mol. The Morgan fingerprint density at radius 1 is 0.900 bits per heavy atom. The van der Waals surface area contributed by atoms with Crippen molar-refractivity contribution in [3.8, 4) is 0 Å². The molecule has 0 aromatic heterocycles. The topological polar surface area (TPSA) is 15.3 Å². The van der Waals surface area contributed by atoms with E-state index in [1.165, 1.54) is 96.8 Å². The summed E-state index contributed by atoms with van der Waals surface area (Å²) in [7, 11) is 0. The van der Waals surface area contributed by atoms with Crippen molar-refractivity contribution in [2.45, 2.75) is 83.6 Å². The van der Waals surface area contributed by atoms with Crippen LogP contribution in [-0.4, -0.2) is 37.1 Å². The smallest absolute Gasteiger partial charge is 0.0124 e. The van der Waals surface area contributed by atoms with Crippen molar-refractivity contribution in [3.63, 3.8) is 0 Å². The van der Waals surface area contributed by atoms with Crippen molar-refractivity contribution in [3.05, 3.63) is 0 Å². The SMILES string of the molecule is CCCCCCCN1CCCCCC1C1CCNCC1. The first-order chi connectivity index (χ1) is 9.92. The lowest BCUT2D eigenvalue weighted by molar-refractivity contribution is 0.120. The molecule has 0 amide bonds. The molecule has 0 radical (unpaired) electrons. The average molecular weight is 281 g/mol. The van der Waals surface area contributed by atoms with Gasteiger partial charge in [0.25, 0.3) is 0 Å². The van der Waals surface area contributed by atoms with E-state index in [-0.39, 0.29) is 0 Å². The second-order valence-electron chi connectivity index (χ2n) is 6.95. The summed E-state index contributed by atoms with van der Waals surface area (Å²) >= 11 is 0. The molecule has 0 aliphatic carbocycles. The summed E-state index contributed by atoms with van der Waals surface area (Å²) in [4.78, 5) is 2.88. The van der Waals surface area contributed by atoms with E-state index >= 15 is 0 Å². The number of hydrogen-bond donors (Lipinski definition) is 1. The van der Waals surface area contributed by atoms with Gasteiger partial charge in [-0.25, -0.2) is 0 Å². The second kappa shape index (κ2) is 9.78. The zero-order valence-corrected chi connectivity index (χ0v) is 13.7. The maximum atomic E-state index is 3.53. The molecule has 1 N–H and O–H groups in total. The maximum absolute atomic E-state index is 3.53. The minimum atomic E-state index is 0.908. The highest BCUT2D eigenvalue weighted by atomic mass is 15.2. The minimum absolute atomic E-state index is 0.908. The number of nitrogens with one attached hydrogen (secondary N) is 1. The second-order valence-corrected chi connectivity index (χ2v) is 6.95. The fourth-order valence-corrected chi connectivity index (χ4v) is 4.15. The zero-order valence-electron chi connectivity index (χ0n) is 13.7. The van der Waals surface area contributed by atoms with Gasteiger partial charge < -0.3 is 10.2 Å². The Kier molecular flexibility index (Phi) is 7.97. The lowest BCUT2D eigenvalue weighted by Crippen LogP contribution is -2.44. The summed E-state index contributed by atoms with van der Waals surface area (Å²) in [5.74, 6) is 0.977. The van der Waals surface area contributed by atoms with Crippen LogP contribution in [-0.2, 0) is 0 Å². The summed E-state index contributed by atoms with van der Waals surface area (Å²) in [5.41, 5.74) is 0. The molecule has 118 valence electrons. The van der Waals surface area contributed by atoms with Gasteiger partial charge >= 0.3 is 0 Å². The molecule has 1 atom stereocenters. The highest BCUT2D eigenvalue weighted by molar-refractivity contribution is 4.84. The highest BCUT2D eigenvalue weighted by Gasteiger charge is 2.29. The molecule has 0 aromatic carbocycles. The Morgan fingerprint density at radius 3 is 2.50 bits per heavy atom. The lowest BCUT2D eigenvalue weighted by Gasteiger charge is -2.38. The Hall–Kier alpha value is -0.0800. The maximum Gasteiger partial charge on any atom is 0.0124 e. The van der Waals surface area contributed by atoms with Gasteiger partial charge in [0.2, 0.25) is 0 Å². The predicted molar refractivity (Wildman–Crippen MR) is 88.2 cm³/mol. The van der Waals surface area contributed by atoms with E-state index in [0.29, 0.717) is 0 Å². The van der Waals surface area contributed by atoms with Crippen molar-refractivity contribution < 1.29 is 0 Å². The normalized spacial score (nSPS) is 26.6. The molecule has 2 nitrogen and oxygen atoms in total. The van der Waals surface area contributed by atoms with Gasteiger partial charge in [-0.05, 0) is 64.2 Å². The van der Waals surface area contributed by atoms with Crippen LogP contribution in [0.4, 0.5) is 0 Å². The predicted octanol–water partition coefficient (Wildman–Crippen LogP) is 4.20. The van der Waals surface area contributed by atoms with E-state index in [1.807, 2.05) is 0 Å². The van der Waals surface area contributed by atoms with Crippen molar-refractivity contribution in [1.82, 2.24) is 10.2 Å². The van der Waals surface area contributed by atoms with Crippen molar-refractivity contribution in [1.29, 1.82) is 0 Å². The van der Waals surface area contributed by atoms with Crippen LogP contribution in [0.25, 0.3) is 0 Å². The first-order valence-corrected chi connectivity index (χ1v) is 9.36. The average Bonchev–Trinajstić information content (AvgIpc) is 2.73.